The van der Waals surface area contributed by atoms with Crippen LogP contribution < -0.4 is 5.19 Å². The van der Waals surface area contributed by atoms with E-state index in [4.69, 9.17) is 9.10 Å². The van der Waals surface area contributed by atoms with Gasteiger partial charge in [-0.25, -0.2) is 0 Å². The molecule has 1 atom stereocenters. The van der Waals surface area contributed by atoms with Crippen LogP contribution in [0.2, 0.25) is 19.6 Å². The SMILES string of the molecule is [2H]C(C)(C)c1ccc2c(c1)sc1c(-c3cc(C([2H])([2H])C4CCCCC4)ccn3)[c-]ncc12.[2H]C(C)(c1ccccc1)c1cc(-c2[c-]cccc2)ncc1[Si](C)(C)C.[Ir]. The van der Waals surface area contributed by atoms with Gasteiger partial charge in [0.1, 0.15) is 0 Å². The maximum absolute atomic E-state index is 9.17. The molecule has 1 fully saturated rings. The second kappa shape index (κ2) is 17.8. The molecule has 7 aromatic rings. The molecule has 0 bridgehead atoms. The Balaban J connectivity index is 0.000000198. The van der Waals surface area contributed by atoms with Gasteiger partial charge in [0, 0.05) is 48.6 Å². The van der Waals surface area contributed by atoms with E-state index in [1.165, 1.54) is 11.6 Å². The molecule has 4 aromatic heterocycles. The third-order valence-electron chi connectivity index (χ3n) is 10.2. The standard InChI is InChI=1S/C26H27N2S.C22H24NSi.Ir/c1-17(2)20-8-9-21-22-15-27-16-23(26(22)29-25(21)14-20)24-13-19(10-11-28-24)12-18-6-4-3-5-7-18;1-17(18-11-7-5-8-12-18)20-15-21(19-13-9-6-10-14-19)23-16-22(20)24(2,3)4;/h8-11,13-15,17-18H,3-7,12H2,1-2H3;5-13,15-17H,1-4H3;/q2*-1;/i12D2,17D;17D;. The number of hydrogen-bond acceptors (Lipinski definition) is 4. The second-order valence-electron chi connectivity index (χ2n) is 15.3. The average molecular weight is 926 g/mol. The van der Waals surface area contributed by atoms with Crippen LogP contribution in [0.1, 0.15) is 92.4 Å². The van der Waals surface area contributed by atoms with Crippen LogP contribution in [-0.2, 0) is 26.5 Å². The Labute approximate surface area is 346 Å². The molecule has 1 saturated carbocycles. The van der Waals surface area contributed by atoms with Gasteiger partial charge in [-0.3, -0.25) is 0 Å². The Bertz CT molecular complexity index is 2490. The molecule has 3 nitrogen and oxygen atoms in total. The van der Waals surface area contributed by atoms with Crippen LogP contribution in [0.25, 0.3) is 42.7 Å². The minimum absolute atomic E-state index is 0. The number of rotatable bonds is 8. The van der Waals surface area contributed by atoms with Crippen molar-refractivity contribution in [1.82, 2.24) is 15.0 Å². The summed E-state index contributed by atoms with van der Waals surface area (Å²) in [5.74, 6) is -1.41. The number of hydrogen-bond donors (Lipinski definition) is 0. The molecular formula is C48H51IrN3SSi-2. The molecule has 1 unspecified atom stereocenters. The maximum atomic E-state index is 9.17. The fourth-order valence-electron chi connectivity index (χ4n) is 7.17. The first kappa shape index (κ1) is 34.7. The van der Waals surface area contributed by atoms with Gasteiger partial charge in [-0.15, -0.1) is 35.9 Å². The van der Waals surface area contributed by atoms with Crippen LogP contribution in [0.4, 0.5) is 0 Å². The summed E-state index contributed by atoms with van der Waals surface area (Å²) in [5, 5.41) is 3.42. The zero-order valence-electron chi connectivity index (χ0n) is 36.1. The molecule has 0 saturated heterocycles. The second-order valence-corrected chi connectivity index (χ2v) is 21.4. The van der Waals surface area contributed by atoms with Crippen LogP contribution >= 0.6 is 11.3 Å². The first-order chi connectivity index (χ1) is 27.0. The van der Waals surface area contributed by atoms with Gasteiger partial charge in [0.05, 0.1) is 8.07 Å². The van der Waals surface area contributed by atoms with Gasteiger partial charge in [0.2, 0.25) is 0 Å². The third kappa shape index (κ3) is 9.17. The normalized spacial score (nSPS) is 16.2. The van der Waals surface area contributed by atoms with Crippen molar-refractivity contribution >= 4 is 44.8 Å². The van der Waals surface area contributed by atoms with Gasteiger partial charge in [-0.05, 0) is 86.1 Å². The molecule has 3 aromatic carbocycles. The molecule has 1 aliphatic rings. The molecule has 54 heavy (non-hydrogen) atoms. The maximum Gasteiger partial charge on any atom is 0.0799 e. The summed E-state index contributed by atoms with van der Waals surface area (Å²) in [7, 11) is -1.64. The van der Waals surface area contributed by atoms with Gasteiger partial charge in [-0.1, -0.05) is 144 Å². The summed E-state index contributed by atoms with van der Waals surface area (Å²) in [6.45, 7) is 12.7. The summed E-state index contributed by atoms with van der Waals surface area (Å²) in [6.07, 6.45) is 12.6. The third-order valence-corrected chi connectivity index (χ3v) is 13.4. The summed E-state index contributed by atoms with van der Waals surface area (Å²) < 4.78 is 37.4. The van der Waals surface area contributed by atoms with E-state index in [1.807, 2.05) is 106 Å². The van der Waals surface area contributed by atoms with Crippen molar-refractivity contribution in [3.8, 4) is 22.5 Å². The van der Waals surface area contributed by atoms with Gasteiger partial charge in [-0.2, -0.15) is 11.3 Å². The summed E-state index contributed by atoms with van der Waals surface area (Å²) in [5.41, 5.74) is 7.12. The Morgan fingerprint density at radius 3 is 2.33 bits per heavy atom. The van der Waals surface area contributed by atoms with E-state index in [0.717, 1.165) is 79.4 Å². The van der Waals surface area contributed by atoms with Crippen molar-refractivity contribution < 1.29 is 25.6 Å². The Hall–Kier alpha value is -3.80. The Kier molecular flexibility index (Phi) is 11.4. The number of nitrogens with zero attached hydrogens (tertiary/aromatic N) is 3. The smallest absolute Gasteiger partial charge is 0.0799 e. The van der Waals surface area contributed by atoms with Crippen molar-refractivity contribution in [2.24, 2.45) is 5.92 Å². The van der Waals surface area contributed by atoms with E-state index in [9.17, 15) is 1.37 Å². The molecule has 4 heterocycles. The molecule has 0 amide bonds. The Morgan fingerprint density at radius 2 is 1.61 bits per heavy atom. The molecule has 6 heteroatoms. The summed E-state index contributed by atoms with van der Waals surface area (Å²) in [6, 6.07) is 33.2. The molecule has 0 aliphatic heterocycles. The van der Waals surface area contributed by atoms with E-state index in [1.54, 1.807) is 17.5 Å². The summed E-state index contributed by atoms with van der Waals surface area (Å²) >= 11 is 1.67. The molecule has 279 valence electrons. The van der Waals surface area contributed by atoms with Crippen molar-refractivity contribution in [2.45, 2.75) is 90.7 Å². The molecule has 8 rings (SSSR count). The minimum atomic E-state index is -1.64. The van der Waals surface area contributed by atoms with Crippen molar-refractivity contribution in [3.63, 3.8) is 0 Å². The molecule has 0 spiro atoms. The van der Waals surface area contributed by atoms with E-state index >= 15 is 0 Å². The van der Waals surface area contributed by atoms with Crippen molar-refractivity contribution in [3.05, 3.63) is 144 Å². The van der Waals surface area contributed by atoms with Gasteiger partial charge >= 0.3 is 0 Å². The molecular weight excluding hydrogens is 871 g/mol. The van der Waals surface area contributed by atoms with Gasteiger partial charge < -0.3 is 15.0 Å². The first-order valence-electron chi connectivity index (χ1n) is 20.8. The van der Waals surface area contributed by atoms with Crippen LogP contribution in [0.3, 0.4) is 0 Å². The number of fused-ring (bicyclic) bond motifs is 3. The fraction of sp³-hybridized carbons (Fsp3) is 0.312. The molecule has 0 N–H and O–H groups in total. The quantitative estimate of drug-likeness (QED) is 0.113. The number of thiophene rings is 1. The minimum Gasteiger partial charge on any atom is -0.359 e. The van der Waals surface area contributed by atoms with Crippen molar-refractivity contribution in [1.29, 1.82) is 0 Å². The largest absolute Gasteiger partial charge is 0.359 e. The average Bonchev–Trinajstić information content (AvgIpc) is 3.60. The monoisotopic (exact) mass is 926 g/mol. The van der Waals surface area contributed by atoms with E-state index in [0.29, 0.717) is 11.3 Å². The van der Waals surface area contributed by atoms with Crippen molar-refractivity contribution in [2.75, 3.05) is 0 Å². The molecule has 1 aliphatic carbocycles. The predicted molar refractivity (Wildman–Crippen MR) is 229 cm³/mol. The predicted octanol–water partition coefficient (Wildman–Crippen LogP) is 12.8. The number of benzene rings is 3. The number of pyridine rings is 3. The zero-order valence-corrected chi connectivity index (χ0v) is 36.3. The zero-order chi connectivity index (χ0) is 40.6. The van der Waals surface area contributed by atoms with Gasteiger partial charge in [0.25, 0.3) is 0 Å². The first-order valence-corrected chi connectivity index (χ1v) is 23.1. The topological polar surface area (TPSA) is 38.7 Å². The summed E-state index contributed by atoms with van der Waals surface area (Å²) in [4.78, 5) is 13.7. The van der Waals surface area contributed by atoms with Crippen LogP contribution in [-0.4, -0.2) is 23.0 Å². The Morgan fingerprint density at radius 1 is 0.833 bits per heavy atom. The van der Waals surface area contributed by atoms with Crippen LogP contribution in [0.5, 0.6) is 0 Å². The number of aromatic nitrogens is 3. The van der Waals surface area contributed by atoms with Gasteiger partial charge in [0.15, 0.2) is 0 Å². The van der Waals surface area contributed by atoms with E-state index in [-0.39, 0.29) is 26.0 Å². The van der Waals surface area contributed by atoms with Crippen LogP contribution in [0, 0.1) is 18.2 Å². The van der Waals surface area contributed by atoms with Crippen LogP contribution in [0.15, 0.2) is 110 Å². The van der Waals surface area contributed by atoms with E-state index in [2.05, 4.69) is 60.1 Å². The fourth-order valence-corrected chi connectivity index (χ4v) is 9.91. The molecule has 1 radical (unpaired) electrons. The van der Waals surface area contributed by atoms with E-state index < -0.39 is 26.2 Å².